The van der Waals surface area contributed by atoms with Crippen molar-refractivity contribution >= 4 is 14.5 Å². The summed E-state index contributed by atoms with van der Waals surface area (Å²) in [7, 11) is -1.60. The molecule has 0 aromatic heterocycles. The molecule has 6 heterocycles. The Kier molecular flexibility index (Phi) is 3.49. The number of allylic oxidation sites excluding steroid dienone is 4. The van der Waals surface area contributed by atoms with E-state index in [1.54, 1.807) is 75.5 Å². The molecule has 3 aliphatic carbocycles. The van der Waals surface area contributed by atoms with Crippen molar-refractivity contribution in [2.45, 2.75) is 56.3 Å². The van der Waals surface area contributed by atoms with Gasteiger partial charge in [-0.25, -0.2) is 0 Å². The molecule has 9 rings (SSSR count). The summed E-state index contributed by atoms with van der Waals surface area (Å²) in [5.41, 5.74) is 0.994. The number of hydrogen-bond acceptors (Lipinski definition) is 0. The van der Waals surface area contributed by atoms with Gasteiger partial charge >= 0.3 is 0 Å². The summed E-state index contributed by atoms with van der Waals surface area (Å²) in [5.74, 6) is 6.83. The largest absolute Gasteiger partial charge is 0.135 e. The first-order chi connectivity index (χ1) is 13.1. The Balaban J connectivity index is 1.32. The van der Waals surface area contributed by atoms with Gasteiger partial charge in [-0.15, -0.1) is 0 Å². The van der Waals surface area contributed by atoms with Crippen LogP contribution in [0.5, 0.6) is 0 Å². The van der Waals surface area contributed by atoms with E-state index < -0.39 is 14.5 Å². The summed E-state index contributed by atoms with van der Waals surface area (Å²) >= 11 is 0. The van der Waals surface area contributed by atoms with Crippen molar-refractivity contribution in [1.29, 1.82) is 0 Å². The van der Waals surface area contributed by atoms with E-state index in [-0.39, 0.29) is 0 Å². The fraction of sp³-hybridized carbons (Fsp3) is 0.840. The Hall–Kier alpha value is 0.340. The van der Waals surface area contributed by atoms with Crippen LogP contribution in [-0.4, -0.2) is 47.8 Å². The minimum Gasteiger partial charge on any atom is -0.0624 e. The van der Waals surface area contributed by atoms with Gasteiger partial charge in [-0.3, -0.25) is 0 Å². The normalized spacial score (nSPS) is 62.5. The van der Waals surface area contributed by atoms with Gasteiger partial charge in [0.2, 0.25) is 0 Å². The quantitative estimate of drug-likeness (QED) is 0.471. The summed E-state index contributed by atoms with van der Waals surface area (Å²) < 4.78 is 0. The lowest BCUT2D eigenvalue weighted by atomic mass is 9.76. The molecule has 27 heavy (non-hydrogen) atoms. The van der Waals surface area contributed by atoms with Gasteiger partial charge in [-0.1, -0.05) is 12.2 Å². The van der Waals surface area contributed by atoms with Crippen molar-refractivity contribution in [2.24, 2.45) is 35.5 Å². The molecule has 2 unspecified atom stereocenters. The molecule has 0 radical (unpaired) electrons. The molecule has 0 aromatic carbocycles. The van der Waals surface area contributed by atoms with Gasteiger partial charge in [0.25, 0.3) is 0 Å². The monoisotopic (exact) mass is 400 g/mol. The van der Waals surface area contributed by atoms with E-state index in [4.69, 9.17) is 0 Å². The molecule has 8 fully saturated rings. The SMILES string of the molecule is CC1([P+]23CC4CC(CC(C4)C2)C3)C=CC=CC1[P+]12CC3CC(CC(C3)C1)C2. The molecule has 2 atom stereocenters. The highest BCUT2D eigenvalue weighted by molar-refractivity contribution is 7.81. The van der Waals surface area contributed by atoms with Crippen LogP contribution in [0, 0.1) is 35.5 Å². The summed E-state index contributed by atoms with van der Waals surface area (Å²) in [5, 5.41) is 0.594. The maximum atomic E-state index is 2.83. The number of rotatable bonds is 2. The minimum atomic E-state index is -0.824. The van der Waals surface area contributed by atoms with Crippen LogP contribution in [0.25, 0.3) is 0 Å². The summed E-state index contributed by atoms with van der Waals surface area (Å²) in [4.78, 5) is 0. The predicted molar refractivity (Wildman–Crippen MR) is 122 cm³/mol. The average Bonchev–Trinajstić information content (AvgIpc) is 2.59. The molecular weight excluding hydrogens is 362 g/mol. The first-order valence-electron chi connectivity index (χ1n) is 12.1. The summed E-state index contributed by atoms with van der Waals surface area (Å²) in [6.45, 7) is 2.83. The van der Waals surface area contributed by atoms with Crippen molar-refractivity contribution in [2.75, 3.05) is 37.0 Å². The highest BCUT2D eigenvalue weighted by Crippen LogP contribution is 2.87. The third kappa shape index (κ3) is 2.25. The van der Waals surface area contributed by atoms with Crippen LogP contribution < -0.4 is 0 Å². The molecule has 8 bridgehead atoms. The van der Waals surface area contributed by atoms with Gasteiger partial charge in [0.1, 0.15) is 10.8 Å². The molecular formula is C25H38P2+2. The third-order valence-electron chi connectivity index (χ3n) is 10.7. The first kappa shape index (κ1) is 17.1. The van der Waals surface area contributed by atoms with Gasteiger partial charge in [0.15, 0.2) is 0 Å². The first-order valence-corrected chi connectivity index (χ1v) is 16.9. The second-order valence-corrected chi connectivity index (χ2v) is 20.9. The van der Waals surface area contributed by atoms with Crippen LogP contribution in [0.3, 0.4) is 0 Å². The number of hydrogen-bond donors (Lipinski definition) is 0. The van der Waals surface area contributed by atoms with Crippen LogP contribution in [-0.2, 0) is 0 Å². The fourth-order valence-corrected chi connectivity index (χ4v) is 25.4. The Morgan fingerprint density at radius 3 is 1.56 bits per heavy atom. The van der Waals surface area contributed by atoms with E-state index in [9.17, 15) is 0 Å². The van der Waals surface area contributed by atoms with E-state index in [1.165, 1.54) is 0 Å². The van der Waals surface area contributed by atoms with E-state index in [0.717, 1.165) is 41.2 Å². The zero-order chi connectivity index (χ0) is 17.9. The lowest BCUT2D eigenvalue weighted by Crippen LogP contribution is -2.56. The van der Waals surface area contributed by atoms with E-state index in [1.807, 2.05) is 0 Å². The highest BCUT2D eigenvalue weighted by atomic mass is 31.2. The van der Waals surface area contributed by atoms with Crippen molar-refractivity contribution in [1.82, 2.24) is 0 Å². The van der Waals surface area contributed by atoms with Gasteiger partial charge in [-0.2, -0.15) is 0 Å². The molecule has 0 aromatic rings. The molecule has 6 aliphatic heterocycles. The lowest BCUT2D eigenvalue weighted by molar-refractivity contribution is 0.203. The van der Waals surface area contributed by atoms with Crippen molar-refractivity contribution in [3.05, 3.63) is 24.3 Å². The Morgan fingerprint density at radius 1 is 0.630 bits per heavy atom. The standard InChI is InChI=1S/C25H38P2/c1-25(27-15-21-9-22(16-27)11-23(10-21)17-27)5-3-2-4-24(25)26-12-18-6-19(13-26)8-20(7-18)14-26/h2-5,18-24H,6-17H2,1H3/q+2. The van der Waals surface area contributed by atoms with Crippen LogP contribution in [0.15, 0.2) is 24.3 Å². The Bertz CT molecular complexity index is 647. The van der Waals surface area contributed by atoms with Crippen molar-refractivity contribution in [3.63, 3.8) is 0 Å². The molecule has 6 saturated heterocycles. The third-order valence-corrected chi connectivity index (χ3v) is 22.7. The Labute approximate surface area is 167 Å². The molecule has 9 aliphatic rings. The van der Waals surface area contributed by atoms with Gasteiger partial charge in [-0.05, 0) is 93.1 Å². The molecule has 2 heteroatoms. The molecule has 146 valence electrons. The van der Waals surface area contributed by atoms with Crippen LogP contribution in [0.1, 0.15) is 45.4 Å². The zero-order valence-corrected chi connectivity index (χ0v) is 19.0. The van der Waals surface area contributed by atoms with E-state index in [2.05, 4.69) is 31.2 Å². The minimum absolute atomic E-state index is 0.594. The molecule has 0 amide bonds. The maximum Gasteiger partial charge on any atom is 0.135 e. The van der Waals surface area contributed by atoms with Crippen LogP contribution in [0.4, 0.5) is 0 Å². The van der Waals surface area contributed by atoms with Gasteiger partial charge in [0, 0.05) is 14.5 Å². The van der Waals surface area contributed by atoms with Crippen molar-refractivity contribution < 1.29 is 0 Å². The topological polar surface area (TPSA) is 0 Å². The average molecular weight is 401 g/mol. The second kappa shape index (κ2) is 5.52. The molecule has 0 N–H and O–H groups in total. The molecule has 0 nitrogen and oxygen atoms in total. The molecule has 2 saturated carbocycles. The highest BCUT2D eigenvalue weighted by Gasteiger charge is 2.72. The summed E-state index contributed by atoms with van der Waals surface area (Å²) in [6, 6.07) is 0. The lowest BCUT2D eigenvalue weighted by Gasteiger charge is -2.61. The van der Waals surface area contributed by atoms with Crippen molar-refractivity contribution in [3.8, 4) is 0 Å². The predicted octanol–water partition coefficient (Wildman–Crippen LogP) is 6.39. The van der Waals surface area contributed by atoms with Gasteiger partial charge in [0.05, 0.1) is 37.0 Å². The fourth-order valence-electron chi connectivity index (χ4n) is 10.6. The maximum absolute atomic E-state index is 2.83. The smallest absolute Gasteiger partial charge is 0.0624 e. The zero-order valence-electron chi connectivity index (χ0n) is 17.2. The Morgan fingerprint density at radius 2 is 1.07 bits per heavy atom. The van der Waals surface area contributed by atoms with E-state index in [0.29, 0.717) is 5.16 Å². The second-order valence-electron chi connectivity index (χ2n) is 12.5. The van der Waals surface area contributed by atoms with E-state index >= 15 is 0 Å². The van der Waals surface area contributed by atoms with Crippen LogP contribution >= 0.6 is 14.5 Å². The van der Waals surface area contributed by atoms with Gasteiger partial charge < -0.3 is 0 Å². The summed E-state index contributed by atoms with van der Waals surface area (Å²) in [6.07, 6.45) is 30.5. The molecule has 0 spiro atoms. The van der Waals surface area contributed by atoms with Crippen LogP contribution in [0.2, 0.25) is 0 Å².